The zero-order valence-corrected chi connectivity index (χ0v) is 14.3. The summed E-state index contributed by atoms with van der Waals surface area (Å²) in [5.74, 6) is 0.293. The second-order valence-corrected chi connectivity index (χ2v) is 5.65. The highest BCUT2D eigenvalue weighted by atomic mass is 16.3. The Morgan fingerprint density at radius 3 is 2.68 bits per heavy atom. The lowest BCUT2D eigenvalue weighted by Crippen LogP contribution is -2.27. The third-order valence-corrected chi connectivity index (χ3v) is 4.13. The molecule has 6 heteroatoms. The number of benzene rings is 1. The first kappa shape index (κ1) is 16.8. The van der Waals surface area contributed by atoms with Gasteiger partial charge in [0.2, 0.25) is 5.55 Å². The van der Waals surface area contributed by atoms with Crippen LogP contribution in [-0.4, -0.2) is 19.0 Å². The maximum absolute atomic E-state index is 12.3. The Balaban J connectivity index is 1.87. The lowest BCUT2D eigenvalue weighted by molar-refractivity contribution is 0.0943. The largest absolute Gasteiger partial charge is 0.467 e. The van der Waals surface area contributed by atoms with Crippen molar-refractivity contribution in [1.82, 2.24) is 5.32 Å². The second kappa shape index (κ2) is 7.25. The first-order chi connectivity index (χ1) is 12.1. The van der Waals surface area contributed by atoms with Crippen LogP contribution in [0.5, 0.6) is 0 Å². The summed E-state index contributed by atoms with van der Waals surface area (Å²) in [5.41, 5.74) is 1.68. The van der Waals surface area contributed by atoms with Gasteiger partial charge in [-0.05, 0) is 44.2 Å². The maximum Gasteiger partial charge on any atom is 0.257 e. The molecule has 25 heavy (non-hydrogen) atoms. The number of carbonyl (C=O) groups is 1. The van der Waals surface area contributed by atoms with Gasteiger partial charge < -0.3 is 19.1 Å². The molecule has 0 bridgehead atoms. The lowest BCUT2D eigenvalue weighted by Gasteiger charge is -2.21. The Morgan fingerprint density at radius 2 is 2.00 bits per heavy atom. The van der Waals surface area contributed by atoms with Crippen molar-refractivity contribution < 1.29 is 13.6 Å². The molecular weight excluding hydrogens is 318 g/mol. The van der Waals surface area contributed by atoms with Crippen LogP contribution in [0.15, 0.2) is 51.5 Å². The number of furan rings is 1. The molecule has 0 fully saturated rings. The van der Waals surface area contributed by atoms with Gasteiger partial charge in [-0.15, -0.1) is 0 Å². The van der Waals surface area contributed by atoms with E-state index in [9.17, 15) is 4.79 Å². The Kier molecular flexibility index (Phi) is 4.88. The molecule has 130 valence electrons. The summed E-state index contributed by atoms with van der Waals surface area (Å²) in [6.07, 6.45) is 1.55. The second-order valence-electron chi connectivity index (χ2n) is 5.65. The zero-order chi connectivity index (χ0) is 17.8. The van der Waals surface area contributed by atoms with Gasteiger partial charge in [-0.3, -0.25) is 10.2 Å². The SMILES string of the molecule is CCN(CC)c1ccc2cc(C(=O)NCc3ccco3)c(=N)oc2c1. The smallest absolute Gasteiger partial charge is 0.257 e. The molecule has 0 unspecified atom stereocenters. The predicted molar refractivity (Wildman–Crippen MR) is 95.5 cm³/mol. The fourth-order valence-corrected chi connectivity index (χ4v) is 2.75. The summed E-state index contributed by atoms with van der Waals surface area (Å²) in [5, 5.41) is 11.6. The minimum atomic E-state index is -0.361. The number of nitrogens with zero attached hydrogens (tertiary/aromatic N) is 1. The molecule has 0 saturated heterocycles. The topological polar surface area (TPSA) is 82.5 Å². The normalized spacial score (nSPS) is 10.8. The van der Waals surface area contributed by atoms with E-state index in [4.69, 9.17) is 14.2 Å². The highest BCUT2D eigenvalue weighted by Gasteiger charge is 2.13. The van der Waals surface area contributed by atoms with Gasteiger partial charge in [0.25, 0.3) is 5.91 Å². The van der Waals surface area contributed by atoms with E-state index < -0.39 is 0 Å². The number of amides is 1. The monoisotopic (exact) mass is 339 g/mol. The van der Waals surface area contributed by atoms with E-state index in [1.54, 1.807) is 24.5 Å². The minimum Gasteiger partial charge on any atom is -0.467 e. The van der Waals surface area contributed by atoms with Crippen LogP contribution in [0.25, 0.3) is 11.0 Å². The highest BCUT2D eigenvalue weighted by Crippen LogP contribution is 2.22. The van der Waals surface area contributed by atoms with Crippen molar-refractivity contribution in [3.63, 3.8) is 0 Å². The van der Waals surface area contributed by atoms with Crippen molar-refractivity contribution in [2.45, 2.75) is 20.4 Å². The molecule has 0 spiro atoms. The van der Waals surface area contributed by atoms with Gasteiger partial charge in [-0.2, -0.15) is 0 Å². The third kappa shape index (κ3) is 3.57. The quantitative estimate of drug-likeness (QED) is 0.722. The summed E-state index contributed by atoms with van der Waals surface area (Å²) in [6.45, 7) is 6.23. The number of hydrogen-bond acceptors (Lipinski definition) is 5. The highest BCUT2D eigenvalue weighted by molar-refractivity contribution is 5.96. The zero-order valence-electron chi connectivity index (χ0n) is 14.3. The van der Waals surface area contributed by atoms with Gasteiger partial charge in [0, 0.05) is 30.2 Å². The Labute approximate surface area is 145 Å². The molecule has 2 N–H and O–H groups in total. The molecule has 0 atom stereocenters. The number of fused-ring (bicyclic) bond motifs is 1. The van der Waals surface area contributed by atoms with Gasteiger partial charge in [-0.25, -0.2) is 0 Å². The van der Waals surface area contributed by atoms with Gasteiger partial charge >= 0.3 is 0 Å². The van der Waals surface area contributed by atoms with E-state index in [2.05, 4.69) is 24.1 Å². The molecule has 0 saturated carbocycles. The summed E-state index contributed by atoms with van der Waals surface area (Å²) in [6, 6.07) is 11.0. The Morgan fingerprint density at radius 1 is 1.20 bits per heavy atom. The summed E-state index contributed by atoms with van der Waals surface area (Å²) < 4.78 is 10.8. The van der Waals surface area contributed by atoms with E-state index >= 15 is 0 Å². The lowest BCUT2D eigenvalue weighted by atomic mass is 10.1. The van der Waals surface area contributed by atoms with Crippen molar-refractivity contribution in [1.29, 1.82) is 5.41 Å². The molecule has 1 amide bonds. The van der Waals surface area contributed by atoms with Crippen LogP contribution in [0.2, 0.25) is 0 Å². The van der Waals surface area contributed by atoms with E-state index in [1.807, 2.05) is 18.2 Å². The van der Waals surface area contributed by atoms with E-state index in [0.717, 1.165) is 24.2 Å². The standard InChI is InChI=1S/C19H21N3O3/c1-3-22(4-2)14-8-7-13-10-16(18(20)25-17(13)11-14)19(23)21-12-15-6-5-9-24-15/h5-11,20H,3-4,12H2,1-2H3,(H,21,23). The Bertz CT molecular complexity index is 925. The molecule has 1 aromatic carbocycles. The number of rotatable bonds is 6. The average Bonchev–Trinajstić information content (AvgIpc) is 3.13. The van der Waals surface area contributed by atoms with Crippen molar-refractivity contribution in [3.05, 3.63) is 59.5 Å². The van der Waals surface area contributed by atoms with Crippen LogP contribution in [0, 0.1) is 5.41 Å². The molecule has 0 aliphatic rings. The molecular formula is C19H21N3O3. The van der Waals surface area contributed by atoms with E-state index in [0.29, 0.717) is 11.3 Å². The van der Waals surface area contributed by atoms with Crippen molar-refractivity contribution in [3.8, 4) is 0 Å². The van der Waals surface area contributed by atoms with E-state index in [1.165, 1.54) is 0 Å². The van der Waals surface area contributed by atoms with E-state index in [-0.39, 0.29) is 23.6 Å². The fraction of sp³-hybridized carbons (Fsp3) is 0.263. The van der Waals surface area contributed by atoms with Crippen molar-refractivity contribution in [2.24, 2.45) is 0 Å². The minimum absolute atomic E-state index is 0.152. The molecule has 6 nitrogen and oxygen atoms in total. The molecule has 2 heterocycles. The summed E-state index contributed by atoms with van der Waals surface area (Å²) in [7, 11) is 0. The van der Waals surface area contributed by atoms with Crippen LogP contribution in [-0.2, 0) is 6.54 Å². The van der Waals surface area contributed by atoms with Crippen LogP contribution in [0.1, 0.15) is 30.0 Å². The number of hydrogen-bond donors (Lipinski definition) is 2. The molecule has 3 rings (SSSR count). The molecule has 3 aromatic rings. The molecule has 0 aliphatic carbocycles. The maximum atomic E-state index is 12.3. The van der Waals surface area contributed by atoms with Gasteiger partial charge in [-0.1, -0.05) is 0 Å². The molecule has 0 aliphatic heterocycles. The average molecular weight is 339 g/mol. The first-order valence-electron chi connectivity index (χ1n) is 8.30. The first-order valence-corrected chi connectivity index (χ1v) is 8.30. The molecule has 2 aromatic heterocycles. The number of carbonyl (C=O) groups excluding carboxylic acids is 1. The van der Waals surface area contributed by atoms with Crippen molar-refractivity contribution >= 4 is 22.6 Å². The predicted octanol–water partition coefficient (Wildman–Crippen LogP) is 3.28. The van der Waals surface area contributed by atoms with Crippen LogP contribution in [0.3, 0.4) is 0 Å². The fourth-order valence-electron chi connectivity index (χ4n) is 2.75. The van der Waals surface area contributed by atoms with Gasteiger partial charge in [0.1, 0.15) is 16.9 Å². The number of nitrogens with one attached hydrogen (secondary N) is 2. The van der Waals surface area contributed by atoms with Crippen molar-refractivity contribution in [2.75, 3.05) is 18.0 Å². The third-order valence-electron chi connectivity index (χ3n) is 4.13. The van der Waals surface area contributed by atoms with Crippen LogP contribution < -0.4 is 15.8 Å². The number of anilines is 1. The Hall–Kier alpha value is -3.02. The summed E-state index contributed by atoms with van der Waals surface area (Å²) >= 11 is 0. The molecule has 0 radical (unpaired) electrons. The van der Waals surface area contributed by atoms with Gasteiger partial charge in [0.05, 0.1) is 12.8 Å². The summed E-state index contributed by atoms with van der Waals surface area (Å²) in [4.78, 5) is 14.5. The van der Waals surface area contributed by atoms with Crippen LogP contribution >= 0.6 is 0 Å². The van der Waals surface area contributed by atoms with Gasteiger partial charge in [0.15, 0.2) is 0 Å². The van der Waals surface area contributed by atoms with Crippen LogP contribution in [0.4, 0.5) is 5.69 Å².